The van der Waals surface area contributed by atoms with Gasteiger partial charge in [-0.3, -0.25) is 0 Å². The van der Waals surface area contributed by atoms with Gasteiger partial charge in [0.05, 0.1) is 23.7 Å². The predicted octanol–water partition coefficient (Wildman–Crippen LogP) is 2.40. The molecule has 2 amide bonds. The quantitative estimate of drug-likeness (QED) is 0.877. The second-order valence-electron chi connectivity index (χ2n) is 6.39. The lowest BCUT2D eigenvalue weighted by Gasteiger charge is -2.33. The van der Waals surface area contributed by atoms with Crippen LogP contribution in [0.25, 0.3) is 0 Å². The van der Waals surface area contributed by atoms with Gasteiger partial charge in [0.2, 0.25) is 0 Å². The van der Waals surface area contributed by atoms with E-state index in [4.69, 9.17) is 0 Å². The van der Waals surface area contributed by atoms with E-state index in [0.29, 0.717) is 19.0 Å². The van der Waals surface area contributed by atoms with Crippen molar-refractivity contribution in [3.63, 3.8) is 0 Å². The highest BCUT2D eigenvalue weighted by Gasteiger charge is 2.38. The summed E-state index contributed by atoms with van der Waals surface area (Å²) in [6.07, 6.45) is 4.63. The Kier molecular flexibility index (Phi) is 5.22. The largest absolute Gasteiger partial charge is 0.394 e. The Morgan fingerprint density at radius 2 is 2.38 bits per heavy atom. The van der Waals surface area contributed by atoms with Crippen LogP contribution >= 0.6 is 11.3 Å². The average molecular weight is 311 g/mol. The van der Waals surface area contributed by atoms with Crippen molar-refractivity contribution in [2.24, 2.45) is 5.92 Å². The van der Waals surface area contributed by atoms with E-state index >= 15 is 0 Å². The number of carbonyl (C=O) groups excluding carboxylic acids is 1. The molecule has 1 aliphatic heterocycles. The highest BCUT2D eigenvalue weighted by atomic mass is 32.1. The van der Waals surface area contributed by atoms with Crippen LogP contribution in [0.15, 0.2) is 6.20 Å². The zero-order valence-corrected chi connectivity index (χ0v) is 13.9. The third kappa shape index (κ3) is 3.95. The summed E-state index contributed by atoms with van der Waals surface area (Å²) in [6.45, 7) is 7.52. The number of thiazole rings is 1. The zero-order valence-electron chi connectivity index (χ0n) is 13.1. The van der Waals surface area contributed by atoms with Gasteiger partial charge in [-0.2, -0.15) is 0 Å². The Morgan fingerprint density at radius 1 is 1.62 bits per heavy atom. The van der Waals surface area contributed by atoms with Gasteiger partial charge in [0, 0.05) is 24.0 Å². The summed E-state index contributed by atoms with van der Waals surface area (Å²) in [5.41, 5.74) is -0.416. The fourth-order valence-electron chi connectivity index (χ4n) is 2.67. The molecule has 0 unspecified atom stereocenters. The molecule has 1 fully saturated rings. The molecule has 6 heteroatoms. The van der Waals surface area contributed by atoms with E-state index in [9.17, 15) is 9.90 Å². The summed E-state index contributed by atoms with van der Waals surface area (Å²) < 4.78 is 0. The Labute approximate surface area is 130 Å². The monoisotopic (exact) mass is 311 g/mol. The number of carbonyl (C=O) groups is 1. The molecular formula is C15H25N3O2S. The molecule has 21 heavy (non-hydrogen) atoms. The number of aliphatic hydroxyl groups is 1. The number of hydrogen-bond acceptors (Lipinski definition) is 4. The molecule has 2 heterocycles. The van der Waals surface area contributed by atoms with Crippen LogP contribution in [0.1, 0.15) is 43.5 Å². The van der Waals surface area contributed by atoms with Gasteiger partial charge < -0.3 is 15.3 Å². The first-order chi connectivity index (χ1) is 9.94. The molecule has 1 aromatic rings. The fourth-order valence-corrected chi connectivity index (χ4v) is 3.74. The molecule has 1 aliphatic rings. The van der Waals surface area contributed by atoms with E-state index in [1.165, 1.54) is 0 Å². The first kappa shape index (κ1) is 16.2. The molecule has 2 rings (SSSR count). The summed E-state index contributed by atoms with van der Waals surface area (Å²) in [5, 5.41) is 13.6. The first-order valence-corrected chi connectivity index (χ1v) is 8.36. The molecule has 0 bridgehead atoms. The van der Waals surface area contributed by atoms with Crippen molar-refractivity contribution >= 4 is 17.4 Å². The molecular weight excluding hydrogens is 286 g/mol. The smallest absolute Gasteiger partial charge is 0.318 e. The molecule has 1 saturated heterocycles. The lowest BCUT2D eigenvalue weighted by atomic mass is 10.0. The van der Waals surface area contributed by atoms with Crippen LogP contribution in [0.4, 0.5) is 4.79 Å². The highest BCUT2D eigenvalue weighted by Crippen LogP contribution is 2.28. The van der Waals surface area contributed by atoms with Crippen LogP contribution in [0.3, 0.4) is 0 Å². The number of aliphatic hydroxyl groups excluding tert-OH is 1. The zero-order chi connectivity index (χ0) is 15.5. The lowest BCUT2D eigenvalue weighted by Crippen LogP contribution is -2.51. The minimum absolute atomic E-state index is 0.0134. The van der Waals surface area contributed by atoms with E-state index in [2.05, 4.69) is 24.1 Å². The second kappa shape index (κ2) is 6.75. The van der Waals surface area contributed by atoms with Crippen LogP contribution in [0, 0.1) is 5.92 Å². The van der Waals surface area contributed by atoms with Gasteiger partial charge in [0.1, 0.15) is 0 Å². The SMILES string of the molecule is CC(C)Cc1ncc(CNC(=O)N2CCC[C@@]2(C)CO)s1. The van der Waals surface area contributed by atoms with Crippen molar-refractivity contribution in [1.29, 1.82) is 0 Å². The number of aromatic nitrogens is 1. The summed E-state index contributed by atoms with van der Waals surface area (Å²) >= 11 is 1.66. The Balaban J connectivity index is 1.88. The summed E-state index contributed by atoms with van der Waals surface area (Å²) in [4.78, 5) is 19.5. The summed E-state index contributed by atoms with van der Waals surface area (Å²) in [6, 6.07) is -0.0946. The highest BCUT2D eigenvalue weighted by molar-refractivity contribution is 7.11. The van der Waals surface area contributed by atoms with Gasteiger partial charge in [0.25, 0.3) is 0 Å². The molecule has 0 spiro atoms. The van der Waals surface area contributed by atoms with Crippen molar-refractivity contribution in [3.8, 4) is 0 Å². The van der Waals surface area contributed by atoms with Crippen molar-refractivity contribution in [2.75, 3.05) is 13.2 Å². The van der Waals surface area contributed by atoms with Gasteiger partial charge in [-0.15, -0.1) is 11.3 Å². The van der Waals surface area contributed by atoms with Crippen molar-refractivity contribution in [3.05, 3.63) is 16.1 Å². The number of nitrogens with one attached hydrogen (secondary N) is 1. The number of amides is 2. The molecule has 0 radical (unpaired) electrons. The van der Waals surface area contributed by atoms with Crippen LogP contribution in [-0.4, -0.2) is 39.7 Å². The normalized spacial score (nSPS) is 22.0. The van der Waals surface area contributed by atoms with E-state index in [1.54, 1.807) is 16.2 Å². The molecule has 5 nitrogen and oxygen atoms in total. The molecule has 2 N–H and O–H groups in total. The van der Waals surface area contributed by atoms with E-state index in [-0.39, 0.29) is 12.6 Å². The minimum Gasteiger partial charge on any atom is -0.394 e. The molecule has 1 aromatic heterocycles. The number of rotatable bonds is 5. The van der Waals surface area contributed by atoms with Crippen LogP contribution in [0.5, 0.6) is 0 Å². The van der Waals surface area contributed by atoms with Gasteiger partial charge in [-0.1, -0.05) is 13.8 Å². The third-order valence-electron chi connectivity index (χ3n) is 3.93. The van der Waals surface area contributed by atoms with Gasteiger partial charge in [0.15, 0.2) is 0 Å². The van der Waals surface area contributed by atoms with Gasteiger partial charge in [-0.25, -0.2) is 9.78 Å². The minimum atomic E-state index is -0.416. The van der Waals surface area contributed by atoms with Crippen molar-refractivity contribution in [1.82, 2.24) is 15.2 Å². The Bertz CT molecular complexity index is 489. The number of likely N-dealkylation sites (tertiary alicyclic amines) is 1. The molecule has 0 aromatic carbocycles. The van der Waals surface area contributed by atoms with Gasteiger partial charge in [-0.05, 0) is 25.7 Å². The first-order valence-electron chi connectivity index (χ1n) is 7.54. The molecule has 0 saturated carbocycles. The van der Waals surface area contributed by atoms with Crippen LogP contribution in [-0.2, 0) is 13.0 Å². The molecule has 118 valence electrons. The maximum absolute atomic E-state index is 12.3. The fraction of sp³-hybridized carbons (Fsp3) is 0.733. The maximum Gasteiger partial charge on any atom is 0.318 e. The Morgan fingerprint density at radius 3 is 3.05 bits per heavy atom. The molecule has 0 aliphatic carbocycles. The summed E-state index contributed by atoms with van der Waals surface area (Å²) in [5.74, 6) is 0.591. The number of hydrogen-bond donors (Lipinski definition) is 2. The standard InChI is InChI=1S/C15H25N3O2S/c1-11(2)7-13-16-8-12(21-13)9-17-14(20)18-6-4-5-15(18,3)10-19/h8,11,19H,4-7,9-10H2,1-3H3,(H,17,20)/t15-/m0/s1. The van der Waals surface area contributed by atoms with Crippen LogP contribution in [0.2, 0.25) is 0 Å². The average Bonchev–Trinajstić information content (AvgIpc) is 3.03. The Hall–Kier alpha value is -1.14. The number of urea groups is 1. The third-order valence-corrected chi connectivity index (χ3v) is 4.95. The van der Waals surface area contributed by atoms with Gasteiger partial charge >= 0.3 is 6.03 Å². The van der Waals surface area contributed by atoms with Crippen LogP contribution < -0.4 is 5.32 Å². The topological polar surface area (TPSA) is 65.5 Å². The summed E-state index contributed by atoms with van der Waals surface area (Å²) in [7, 11) is 0. The van der Waals surface area contributed by atoms with E-state index < -0.39 is 5.54 Å². The molecule has 1 atom stereocenters. The lowest BCUT2D eigenvalue weighted by molar-refractivity contribution is 0.0973. The van der Waals surface area contributed by atoms with Crippen molar-refractivity contribution < 1.29 is 9.90 Å². The maximum atomic E-state index is 12.3. The van der Waals surface area contributed by atoms with E-state index in [1.807, 2.05) is 13.1 Å². The van der Waals surface area contributed by atoms with Crippen molar-refractivity contribution in [2.45, 2.75) is 52.1 Å². The second-order valence-corrected chi connectivity index (χ2v) is 7.59. The predicted molar refractivity (Wildman–Crippen MR) is 84.3 cm³/mol. The van der Waals surface area contributed by atoms with E-state index in [0.717, 1.165) is 29.1 Å². The number of nitrogens with zero attached hydrogens (tertiary/aromatic N) is 2.